The average Bonchev–Trinajstić information content (AvgIpc) is 2.25. The van der Waals surface area contributed by atoms with Gasteiger partial charge in [0.15, 0.2) is 9.84 Å². The molecule has 0 spiro atoms. The van der Waals surface area contributed by atoms with Gasteiger partial charge in [0.25, 0.3) is 0 Å². The van der Waals surface area contributed by atoms with Gasteiger partial charge in [-0.05, 0) is 30.7 Å². The minimum absolute atomic E-state index is 0.226. The fourth-order valence-electron chi connectivity index (χ4n) is 1.36. The maximum Gasteiger partial charge on any atom is 0.175 e. The third-order valence-electron chi connectivity index (χ3n) is 2.43. The summed E-state index contributed by atoms with van der Waals surface area (Å²) >= 11 is 0. The molecule has 90 valence electrons. The Labute approximate surface area is 96.8 Å². The standard InChI is InChI=1S/C11H18N2O2S/c1-3-9(8-12)13-10-4-6-11(7-5-10)16(2,14)15/h4-7,9,13H,3,8,12H2,1-2H3. The van der Waals surface area contributed by atoms with Gasteiger partial charge in [0.05, 0.1) is 4.90 Å². The molecule has 0 fully saturated rings. The van der Waals surface area contributed by atoms with Gasteiger partial charge in [0.2, 0.25) is 0 Å². The Kier molecular flexibility index (Phi) is 4.32. The number of nitrogens with two attached hydrogens (primary N) is 1. The van der Waals surface area contributed by atoms with Crippen LogP contribution in [0.3, 0.4) is 0 Å². The first kappa shape index (κ1) is 13.0. The van der Waals surface area contributed by atoms with Crippen LogP contribution in [0.2, 0.25) is 0 Å². The minimum Gasteiger partial charge on any atom is -0.381 e. The fraction of sp³-hybridized carbons (Fsp3) is 0.455. The van der Waals surface area contributed by atoms with E-state index >= 15 is 0 Å². The first-order valence-corrected chi connectivity index (χ1v) is 7.13. The quantitative estimate of drug-likeness (QED) is 0.815. The van der Waals surface area contributed by atoms with Gasteiger partial charge < -0.3 is 11.1 Å². The molecule has 0 saturated carbocycles. The summed E-state index contributed by atoms with van der Waals surface area (Å²) in [5.74, 6) is 0. The molecule has 1 atom stereocenters. The van der Waals surface area contributed by atoms with Crippen molar-refractivity contribution >= 4 is 15.5 Å². The molecule has 0 aliphatic carbocycles. The van der Waals surface area contributed by atoms with Crippen LogP contribution in [0.15, 0.2) is 29.2 Å². The van der Waals surface area contributed by atoms with Crippen LogP contribution >= 0.6 is 0 Å². The van der Waals surface area contributed by atoms with Crippen LogP contribution in [0.5, 0.6) is 0 Å². The lowest BCUT2D eigenvalue weighted by Gasteiger charge is -2.16. The van der Waals surface area contributed by atoms with E-state index in [9.17, 15) is 8.42 Å². The van der Waals surface area contributed by atoms with Crippen LogP contribution < -0.4 is 11.1 Å². The molecular weight excluding hydrogens is 224 g/mol. The van der Waals surface area contributed by atoms with Gasteiger partial charge in [-0.3, -0.25) is 0 Å². The molecule has 0 amide bonds. The summed E-state index contributed by atoms with van der Waals surface area (Å²) in [6, 6.07) is 6.94. The van der Waals surface area contributed by atoms with E-state index in [2.05, 4.69) is 12.2 Å². The zero-order valence-electron chi connectivity index (χ0n) is 9.60. The first-order chi connectivity index (χ1) is 7.47. The van der Waals surface area contributed by atoms with Crippen LogP contribution in [0, 0.1) is 0 Å². The number of anilines is 1. The van der Waals surface area contributed by atoms with E-state index in [0.29, 0.717) is 11.4 Å². The number of hydrogen-bond donors (Lipinski definition) is 2. The Morgan fingerprint density at radius 3 is 2.25 bits per heavy atom. The van der Waals surface area contributed by atoms with Crippen molar-refractivity contribution < 1.29 is 8.42 Å². The van der Waals surface area contributed by atoms with Crippen LogP contribution in [0.25, 0.3) is 0 Å². The van der Waals surface area contributed by atoms with E-state index in [4.69, 9.17) is 5.73 Å². The molecule has 4 nitrogen and oxygen atoms in total. The van der Waals surface area contributed by atoms with Crippen LogP contribution in [0.4, 0.5) is 5.69 Å². The van der Waals surface area contributed by atoms with Crippen molar-refractivity contribution in [1.29, 1.82) is 0 Å². The summed E-state index contributed by atoms with van der Waals surface area (Å²) in [5, 5.41) is 3.24. The lowest BCUT2D eigenvalue weighted by atomic mass is 10.2. The second-order valence-corrected chi connectivity index (χ2v) is 5.80. The SMILES string of the molecule is CCC(CN)Nc1ccc(S(C)(=O)=O)cc1. The average molecular weight is 242 g/mol. The van der Waals surface area contributed by atoms with Gasteiger partial charge >= 0.3 is 0 Å². The molecule has 3 N–H and O–H groups in total. The van der Waals surface area contributed by atoms with E-state index in [1.807, 2.05) is 0 Å². The van der Waals surface area contributed by atoms with E-state index in [-0.39, 0.29) is 6.04 Å². The third kappa shape index (κ3) is 3.50. The number of hydrogen-bond acceptors (Lipinski definition) is 4. The molecule has 1 aromatic rings. The molecule has 0 heterocycles. The van der Waals surface area contributed by atoms with Crippen molar-refractivity contribution in [3.63, 3.8) is 0 Å². The molecule has 0 aliphatic rings. The topological polar surface area (TPSA) is 72.2 Å². The van der Waals surface area contributed by atoms with E-state index < -0.39 is 9.84 Å². The molecule has 0 radical (unpaired) electrons. The second-order valence-electron chi connectivity index (χ2n) is 3.78. The normalized spacial score (nSPS) is 13.4. The van der Waals surface area contributed by atoms with Crippen molar-refractivity contribution in [2.45, 2.75) is 24.3 Å². The van der Waals surface area contributed by atoms with Gasteiger partial charge in [-0.2, -0.15) is 0 Å². The lowest BCUT2D eigenvalue weighted by Crippen LogP contribution is -2.27. The van der Waals surface area contributed by atoms with Crippen LogP contribution in [-0.4, -0.2) is 27.3 Å². The van der Waals surface area contributed by atoms with E-state index in [0.717, 1.165) is 12.1 Å². The molecule has 5 heteroatoms. The Bertz CT molecular complexity index is 422. The number of benzene rings is 1. The zero-order chi connectivity index (χ0) is 12.2. The smallest absolute Gasteiger partial charge is 0.175 e. The van der Waals surface area contributed by atoms with E-state index in [1.54, 1.807) is 24.3 Å². The van der Waals surface area contributed by atoms with Gasteiger partial charge in [-0.1, -0.05) is 6.92 Å². The minimum atomic E-state index is -3.11. The van der Waals surface area contributed by atoms with Crippen molar-refractivity contribution in [3.8, 4) is 0 Å². The highest BCUT2D eigenvalue weighted by Crippen LogP contribution is 2.14. The monoisotopic (exact) mass is 242 g/mol. The summed E-state index contributed by atoms with van der Waals surface area (Å²) in [6.45, 7) is 2.61. The Morgan fingerprint density at radius 2 is 1.88 bits per heavy atom. The third-order valence-corrected chi connectivity index (χ3v) is 3.56. The summed E-state index contributed by atoms with van der Waals surface area (Å²) in [4.78, 5) is 0.332. The second kappa shape index (κ2) is 5.32. The molecule has 1 unspecified atom stereocenters. The number of rotatable bonds is 5. The number of nitrogens with one attached hydrogen (secondary N) is 1. The van der Waals surface area contributed by atoms with Crippen molar-refractivity contribution in [2.24, 2.45) is 5.73 Å². The van der Waals surface area contributed by atoms with E-state index in [1.165, 1.54) is 6.26 Å². The van der Waals surface area contributed by atoms with Crippen molar-refractivity contribution in [2.75, 3.05) is 18.1 Å². The number of sulfone groups is 1. The summed E-state index contributed by atoms with van der Waals surface area (Å²) in [7, 11) is -3.11. The lowest BCUT2D eigenvalue weighted by molar-refractivity contribution is 0.602. The molecule has 0 aromatic heterocycles. The van der Waals surface area contributed by atoms with Crippen molar-refractivity contribution in [1.82, 2.24) is 0 Å². The maximum atomic E-state index is 11.2. The first-order valence-electron chi connectivity index (χ1n) is 5.24. The molecular formula is C11H18N2O2S. The highest BCUT2D eigenvalue weighted by Gasteiger charge is 2.07. The molecule has 0 bridgehead atoms. The fourth-order valence-corrected chi connectivity index (χ4v) is 1.99. The molecule has 1 aromatic carbocycles. The Morgan fingerprint density at radius 1 is 1.31 bits per heavy atom. The Balaban J connectivity index is 2.80. The van der Waals surface area contributed by atoms with Gasteiger partial charge in [0, 0.05) is 24.5 Å². The summed E-state index contributed by atoms with van der Waals surface area (Å²) < 4.78 is 22.5. The van der Waals surface area contributed by atoms with Crippen molar-refractivity contribution in [3.05, 3.63) is 24.3 Å². The predicted molar refractivity (Wildman–Crippen MR) is 66.3 cm³/mol. The zero-order valence-corrected chi connectivity index (χ0v) is 10.4. The predicted octanol–water partition coefficient (Wildman–Crippen LogP) is 1.24. The van der Waals surface area contributed by atoms with Crippen LogP contribution in [0.1, 0.15) is 13.3 Å². The molecule has 0 aliphatic heterocycles. The van der Waals surface area contributed by atoms with Gasteiger partial charge in [-0.25, -0.2) is 8.42 Å². The largest absolute Gasteiger partial charge is 0.381 e. The molecule has 16 heavy (non-hydrogen) atoms. The summed E-state index contributed by atoms with van der Waals surface area (Å²) in [6.07, 6.45) is 2.13. The highest BCUT2D eigenvalue weighted by atomic mass is 32.2. The molecule has 1 rings (SSSR count). The molecule has 0 saturated heterocycles. The Hall–Kier alpha value is -1.07. The highest BCUT2D eigenvalue weighted by molar-refractivity contribution is 7.90. The van der Waals surface area contributed by atoms with Gasteiger partial charge in [-0.15, -0.1) is 0 Å². The van der Waals surface area contributed by atoms with Crippen LogP contribution in [-0.2, 0) is 9.84 Å². The van der Waals surface area contributed by atoms with Gasteiger partial charge in [0.1, 0.15) is 0 Å². The summed E-state index contributed by atoms with van der Waals surface area (Å²) in [5.41, 5.74) is 6.47. The maximum absolute atomic E-state index is 11.2.